The largest absolute Gasteiger partial charge is 0.362 e. The molecule has 2 heterocycles. The van der Waals surface area contributed by atoms with Gasteiger partial charge in [0.25, 0.3) is 0 Å². The summed E-state index contributed by atoms with van der Waals surface area (Å²) in [5.74, 6) is 2.45. The molecule has 4 rings (SSSR count). The SMILES string of the molecule is Cc1ccc2ncnc(NCC(=O)CC3CN(C4CCC(C)CC4)C3)c2c1. The van der Waals surface area contributed by atoms with Crippen LogP contribution in [0.15, 0.2) is 24.5 Å². The minimum absolute atomic E-state index is 0.274. The maximum absolute atomic E-state index is 12.4. The summed E-state index contributed by atoms with van der Waals surface area (Å²) in [4.78, 5) is 23.6. The number of fused-ring (bicyclic) bond motifs is 1. The zero-order valence-corrected chi connectivity index (χ0v) is 16.4. The number of hydrogen-bond donors (Lipinski definition) is 1. The summed E-state index contributed by atoms with van der Waals surface area (Å²) in [5, 5.41) is 4.21. The second-order valence-electron chi connectivity index (χ2n) is 8.57. The zero-order valence-electron chi connectivity index (χ0n) is 16.4. The van der Waals surface area contributed by atoms with Gasteiger partial charge in [0.05, 0.1) is 12.1 Å². The van der Waals surface area contributed by atoms with Crippen molar-refractivity contribution in [3.63, 3.8) is 0 Å². The number of carbonyl (C=O) groups is 1. The molecule has 0 spiro atoms. The lowest BCUT2D eigenvalue weighted by Crippen LogP contribution is -2.53. The average Bonchev–Trinajstić information content (AvgIpc) is 2.63. The van der Waals surface area contributed by atoms with Gasteiger partial charge in [-0.1, -0.05) is 18.6 Å². The van der Waals surface area contributed by atoms with Crippen molar-refractivity contribution in [2.24, 2.45) is 11.8 Å². The molecule has 5 heteroatoms. The van der Waals surface area contributed by atoms with Crippen molar-refractivity contribution >= 4 is 22.5 Å². The number of Topliss-reactive ketones (excluding diaryl/α,β-unsaturated/α-hetero) is 1. The maximum Gasteiger partial charge on any atom is 0.152 e. The first kappa shape index (κ1) is 18.4. The third-order valence-electron chi connectivity index (χ3n) is 6.25. The zero-order chi connectivity index (χ0) is 18.8. The highest BCUT2D eigenvalue weighted by Crippen LogP contribution is 2.32. The van der Waals surface area contributed by atoms with Gasteiger partial charge in [0.15, 0.2) is 5.78 Å². The molecule has 0 radical (unpaired) electrons. The predicted octanol–water partition coefficient (Wildman–Crippen LogP) is 3.82. The number of hydrogen-bond acceptors (Lipinski definition) is 5. The number of rotatable bonds is 6. The number of nitrogens with one attached hydrogen (secondary N) is 1. The molecule has 1 aliphatic heterocycles. The fraction of sp³-hybridized carbons (Fsp3) is 0.591. The monoisotopic (exact) mass is 366 g/mol. The Morgan fingerprint density at radius 1 is 1.19 bits per heavy atom. The van der Waals surface area contributed by atoms with Crippen LogP contribution in [0.5, 0.6) is 0 Å². The molecule has 1 saturated carbocycles. The molecule has 1 saturated heterocycles. The van der Waals surface area contributed by atoms with Crippen LogP contribution in [0, 0.1) is 18.8 Å². The summed E-state index contributed by atoms with van der Waals surface area (Å²) >= 11 is 0. The Balaban J connectivity index is 1.25. The van der Waals surface area contributed by atoms with Crippen LogP contribution >= 0.6 is 0 Å². The first-order valence-electron chi connectivity index (χ1n) is 10.3. The lowest BCUT2D eigenvalue weighted by atomic mass is 9.83. The van der Waals surface area contributed by atoms with E-state index in [9.17, 15) is 4.79 Å². The van der Waals surface area contributed by atoms with E-state index in [1.54, 1.807) is 6.33 Å². The molecule has 0 atom stereocenters. The lowest BCUT2D eigenvalue weighted by molar-refractivity contribution is -0.120. The predicted molar refractivity (Wildman–Crippen MR) is 109 cm³/mol. The lowest BCUT2D eigenvalue weighted by Gasteiger charge is -2.46. The maximum atomic E-state index is 12.4. The summed E-state index contributed by atoms with van der Waals surface area (Å²) in [6.45, 7) is 6.96. The highest BCUT2D eigenvalue weighted by Gasteiger charge is 2.34. The Bertz CT molecular complexity index is 807. The first-order chi connectivity index (χ1) is 13.1. The van der Waals surface area contributed by atoms with Crippen LogP contribution in [0.3, 0.4) is 0 Å². The second kappa shape index (κ2) is 7.93. The minimum Gasteiger partial charge on any atom is -0.362 e. The van der Waals surface area contributed by atoms with Gasteiger partial charge in [0.1, 0.15) is 12.1 Å². The number of carbonyl (C=O) groups excluding carboxylic acids is 1. The molecule has 1 N–H and O–H groups in total. The van der Waals surface area contributed by atoms with Crippen molar-refractivity contribution in [3.8, 4) is 0 Å². The highest BCUT2D eigenvalue weighted by atomic mass is 16.1. The van der Waals surface area contributed by atoms with E-state index in [1.807, 2.05) is 12.1 Å². The molecule has 1 aromatic carbocycles. The van der Waals surface area contributed by atoms with Crippen molar-refractivity contribution < 1.29 is 4.79 Å². The van der Waals surface area contributed by atoms with Gasteiger partial charge in [-0.05, 0) is 56.6 Å². The summed E-state index contributed by atoms with van der Waals surface area (Å²) in [6.07, 6.45) is 7.63. The van der Waals surface area contributed by atoms with E-state index in [1.165, 1.54) is 31.2 Å². The van der Waals surface area contributed by atoms with Crippen molar-refractivity contribution in [2.45, 2.75) is 52.0 Å². The van der Waals surface area contributed by atoms with Crippen molar-refractivity contribution in [3.05, 3.63) is 30.1 Å². The van der Waals surface area contributed by atoms with Crippen LogP contribution in [0.25, 0.3) is 10.9 Å². The number of aromatic nitrogens is 2. The Labute approximate surface area is 161 Å². The standard InChI is InChI=1S/C22H30N4O/c1-15-3-6-18(7-4-15)26-12-17(13-26)10-19(27)11-23-22-20-9-16(2)5-8-21(20)24-14-25-22/h5,8-9,14-15,17-18H,3-4,6-7,10-13H2,1-2H3,(H,23,24,25). The van der Waals surface area contributed by atoms with Crippen molar-refractivity contribution in [1.29, 1.82) is 0 Å². The Morgan fingerprint density at radius 2 is 1.96 bits per heavy atom. The summed E-state index contributed by atoms with van der Waals surface area (Å²) < 4.78 is 0. The molecule has 2 aliphatic rings. The first-order valence-corrected chi connectivity index (χ1v) is 10.3. The topological polar surface area (TPSA) is 58.1 Å². The normalized spacial score (nSPS) is 23.9. The van der Waals surface area contributed by atoms with Crippen LogP contribution in [-0.4, -0.2) is 46.3 Å². The van der Waals surface area contributed by atoms with Crippen LogP contribution < -0.4 is 5.32 Å². The number of anilines is 1. The third kappa shape index (κ3) is 4.29. The fourth-order valence-corrected chi connectivity index (χ4v) is 4.53. The van der Waals surface area contributed by atoms with Crippen LogP contribution in [0.1, 0.15) is 44.6 Å². The second-order valence-corrected chi connectivity index (χ2v) is 8.57. The number of ketones is 1. The van der Waals surface area contributed by atoms with E-state index in [2.05, 4.69) is 40.1 Å². The number of benzene rings is 1. The molecule has 2 aromatic rings. The summed E-state index contributed by atoms with van der Waals surface area (Å²) in [5.41, 5.74) is 2.07. The van der Waals surface area contributed by atoms with E-state index in [0.29, 0.717) is 18.9 Å². The highest BCUT2D eigenvalue weighted by molar-refractivity contribution is 5.91. The van der Waals surface area contributed by atoms with E-state index in [-0.39, 0.29) is 5.78 Å². The summed E-state index contributed by atoms with van der Waals surface area (Å²) in [6, 6.07) is 6.87. The van der Waals surface area contributed by atoms with Gasteiger partial charge in [-0.3, -0.25) is 9.69 Å². The molecular weight excluding hydrogens is 336 g/mol. The Kier molecular flexibility index (Phi) is 5.39. The molecular formula is C22H30N4O. The van der Waals surface area contributed by atoms with Gasteiger partial charge in [-0.15, -0.1) is 0 Å². The van der Waals surface area contributed by atoms with E-state index < -0.39 is 0 Å². The van der Waals surface area contributed by atoms with E-state index in [0.717, 1.165) is 41.8 Å². The van der Waals surface area contributed by atoms with Gasteiger partial charge in [0, 0.05) is 30.9 Å². The third-order valence-corrected chi connectivity index (χ3v) is 6.25. The number of likely N-dealkylation sites (tertiary alicyclic amines) is 1. The van der Waals surface area contributed by atoms with Crippen LogP contribution in [0.4, 0.5) is 5.82 Å². The Hall–Kier alpha value is -2.01. The minimum atomic E-state index is 0.274. The average molecular weight is 367 g/mol. The van der Waals surface area contributed by atoms with Gasteiger partial charge in [-0.2, -0.15) is 0 Å². The van der Waals surface area contributed by atoms with Crippen molar-refractivity contribution in [1.82, 2.24) is 14.9 Å². The van der Waals surface area contributed by atoms with Gasteiger partial charge in [-0.25, -0.2) is 9.97 Å². The Morgan fingerprint density at radius 3 is 2.74 bits per heavy atom. The number of nitrogens with zero attached hydrogens (tertiary/aromatic N) is 3. The van der Waals surface area contributed by atoms with Crippen LogP contribution in [0.2, 0.25) is 0 Å². The molecule has 1 aliphatic carbocycles. The molecule has 0 amide bonds. The van der Waals surface area contributed by atoms with Gasteiger partial charge < -0.3 is 5.32 Å². The molecule has 0 bridgehead atoms. The van der Waals surface area contributed by atoms with Crippen LogP contribution in [-0.2, 0) is 4.79 Å². The molecule has 2 fully saturated rings. The van der Waals surface area contributed by atoms with Gasteiger partial charge >= 0.3 is 0 Å². The van der Waals surface area contributed by atoms with Crippen molar-refractivity contribution in [2.75, 3.05) is 25.0 Å². The van der Waals surface area contributed by atoms with E-state index >= 15 is 0 Å². The molecule has 1 aromatic heterocycles. The molecule has 144 valence electrons. The molecule has 27 heavy (non-hydrogen) atoms. The summed E-state index contributed by atoms with van der Waals surface area (Å²) in [7, 11) is 0. The molecule has 0 unspecified atom stereocenters. The smallest absolute Gasteiger partial charge is 0.152 e. The van der Waals surface area contributed by atoms with Gasteiger partial charge in [0.2, 0.25) is 0 Å². The number of aryl methyl sites for hydroxylation is 1. The quantitative estimate of drug-likeness (QED) is 0.842. The van der Waals surface area contributed by atoms with E-state index in [4.69, 9.17) is 0 Å². The molecule has 5 nitrogen and oxygen atoms in total. The fourth-order valence-electron chi connectivity index (χ4n) is 4.53.